The number of hydrogen-bond acceptors (Lipinski definition) is 1. The first-order valence-corrected chi connectivity index (χ1v) is 5.41. The van der Waals surface area contributed by atoms with Crippen LogP contribution in [-0.2, 0) is 6.42 Å². The Labute approximate surface area is 94.1 Å². The Bertz CT molecular complexity index is 643. The molecule has 0 atom stereocenters. The van der Waals surface area contributed by atoms with Gasteiger partial charge in [-0.1, -0.05) is 48.6 Å². The maximum absolute atomic E-state index is 9.61. The molecular formula is C15H12O. The first-order valence-electron chi connectivity index (χ1n) is 5.41. The van der Waals surface area contributed by atoms with Crippen LogP contribution in [0.25, 0.3) is 18.2 Å². The predicted molar refractivity (Wildman–Crippen MR) is 67.2 cm³/mol. The molecule has 0 radical (unpaired) electrons. The highest BCUT2D eigenvalue weighted by Crippen LogP contribution is 2.12. The van der Waals surface area contributed by atoms with Crippen LogP contribution in [0.5, 0.6) is 0 Å². The molecule has 3 rings (SSSR count). The summed E-state index contributed by atoms with van der Waals surface area (Å²) in [6.45, 7) is 0. The quantitative estimate of drug-likeness (QED) is 0.689. The van der Waals surface area contributed by atoms with Crippen molar-refractivity contribution in [1.29, 1.82) is 0 Å². The Kier molecular flexibility index (Phi) is 2.03. The van der Waals surface area contributed by atoms with Gasteiger partial charge in [-0.15, -0.1) is 0 Å². The van der Waals surface area contributed by atoms with E-state index in [4.69, 9.17) is 0 Å². The first kappa shape index (κ1) is 9.22. The smallest absolute Gasteiger partial charge is 0.0967 e. The Hall–Kier alpha value is -2.02. The van der Waals surface area contributed by atoms with Crippen molar-refractivity contribution in [2.45, 2.75) is 6.42 Å². The molecule has 1 nitrogen and oxygen atoms in total. The van der Waals surface area contributed by atoms with Crippen molar-refractivity contribution in [2.24, 2.45) is 0 Å². The maximum atomic E-state index is 9.61. The summed E-state index contributed by atoms with van der Waals surface area (Å²) >= 11 is 0. The third-order valence-electron chi connectivity index (χ3n) is 3.00. The topological polar surface area (TPSA) is 20.2 Å². The molecule has 1 heteroatoms. The van der Waals surface area contributed by atoms with E-state index in [0.29, 0.717) is 12.2 Å². The van der Waals surface area contributed by atoms with Crippen molar-refractivity contribution >= 4 is 18.2 Å². The van der Waals surface area contributed by atoms with E-state index < -0.39 is 0 Å². The van der Waals surface area contributed by atoms with Gasteiger partial charge in [-0.25, -0.2) is 0 Å². The van der Waals surface area contributed by atoms with Crippen LogP contribution in [0.4, 0.5) is 0 Å². The fraction of sp³-hybridized carbons (Fsp3) is 0.0667. The van der Waals surface area contributed by atoms with E-state index in [-0.39, 0.29) is 0 Å². The average Bonchev–Trinajstić information content (AvgIpc) is 2.54. The Morgan fingerprint density at radius 1 is 0.875 bits per heavy atom. The van der Waals surface area contributed by atoms with E-state index in [1.54, 1.807) is 6.08 Å². The van der Waals surface area contributed by atoms with Gasteiger partial charge in [0, 0.05) is 6.42 Å². The van der Waals surface area contributed by atoms with Gasteiger partial charge in [-0.3, -0.25) is 0 Å². The lowest BCUT2D eigenvalue weighted by atomic mass is 9.95. The lowest BCUT2D eigenvalue weighted by Crippen LogP contribution is -2.21. The van der Waals surface area contributed by atoms with Gasteiger partial charge >= 0.3 is 0 Å². The molecule has 2 aliphatic rings. The number of hydrogen-bond donors (Lipinski definition) is 1. The molecule has 0 saturated carbocycles. The van der Waals surface area contributed by atoms with Crippen molar-refractivity contribution in [3.8, 4) is 0 Å². The lowest BCUT2D eigenvalue weighted by molar-refractivity contribution is 0.398. The van der Waals surface area contributed by atoms with E-state index in [1.807, 2.05) is 24.3 Å². The van der Waals surface area contributed by atoms with Crippen molar-refractivity contribution in [3.05, 3.63) is 63.8 Å². The summed E-state index contributed by atoms with van der Waals surface area (Å²) in [6.07, 6.45) is 14.7. The molecule has 0 aliphatic heterocycles. The second kappa shape index (κ2) is 3.53. The molecule has 0 fully saturated rings. The number of aliphatic hydroxyl groups is 1. The average molecular weight is 208 g/mol. The molecule has 16 heavy (non-hydrogen) atoms. The second-order valence-corrected chi connectivity index (χ2v) is 4.05. The molecule has 1 aromatic rings. The summed E-state index contributed by atoms with van der Waals surface area (Å²) in [6, 6.07) is 4.24. The molecule has 0 bridgehead atoms. The molecule has 0 amide bonds. The van der Waals surface area contributed by atoms with E-state index in [2.05, 4.69) is 24.3 Å². The summed E-state index contributed by atoms with van der Waals surface area (Å²) in [7, 11) is 0. The second-order valence-electron chi connectivity index (χ2n) is 4.05. The third kappa shape index (κ3) is 1.41. The number of aliphatic hydroxyl groups excluding tert-OH is 1. The molecular weight excluding hydrogens is 196 g/mol. The van der Waals surface area contributed by atoms with Gasteiger partial charge in [0.25, 0.3) is 0 Å². The Morgan fingerprint density at radius 2 is 1.75 bits per heavy atom. The summed E-state index contributed by atoms with van der Waals surface area (Å²) in [5.41, 5.74) is 2.44. The molecule has 78 valence electrons. The molecule has 0 saturated heterocycles. The summed E-state index contributed by atoms with van der Waals surface area (Å²) in [4.78, 5) is 0. The van der Waals surface area contributed by atoms with E-state index in [9.17, 15) is 5.11 Å². The van der Waals surface area contributed by atoms with Gasteiger partial charge in [0.2, 0.25) is 0 Å². The molecule has 1 aromatic carbocycles. The standard InChI is InChI=1S/C15H12O/c16-13-9-8-12-7-6-11-4-2-1-3-5-14(11)15(12)10-13/h1-9,16H,10H2. The van der Waals surface area contributed by atoms with Crippen LogP contribution in [0.2, 0.25) is 0 Å². The van der Waals surface area contributed by atoms with Crippen molar-refractivity contribution in [2.75, 3.05) is 0 Å². The summed E-state index contributed by atoms with van der Waals surface area (Å²) in [5, 5.41) is 12.0. The molecule has 0 heterocycles. The molecule has 0 unspecified atom stereocenters. The van der Waals surface area contributed by atoms with Gasteiger partial charge in [-0.2, -0.15) is 0 Å². The zero-order valence-electron chi connectivity index (χ0n) is 8.85. The Morgan fingerprint density at radius 3 is 2.69 bits per heavy atom. The van der Waals surface area contributed by atoms with Gasteiger partial charge < -0.3 is 5.11 Å². The fourth-order valence-electron chi connectivity index (χ4n) is 2.20. The highest BCUT2D eigenvalue weighted by Gasteiger charge is 2.09. The third-order valence-corrected chi connectivity index (χ3v) is 3.00. The van der Waals surface area contributed by atoms with Crippen LogP contribution in [-0.4, -0.2) is 5.11 Å². The highest BCUT2D eigenvalue weighted by atomic mass is 16.3. The van der Waals surface area contributed by atoms with Gasteiger partial charge in [0.05, 0.1) is 5.76 Å². The number of allylic oxidation sites excluding steroid dienone is 5. The van der Waals surface area contributed by atoms with Crippen LogP contribution in [0.15, 0.2) is 42.2 Å². The van der Waals surface area contributed by atoms with Crippen LogP contribution >= 0.6 is 0 Å². The Balaban J connectivity index is 2.36. The van der Waals surface area contributed by atoms with Crippen molar-refractivity contribution in [1.82, 2.24) is 0 Å². The minimum Gasteiger partial charge on any atom is -0.512 e. The highest BCUT2D eigenvalue weighted by molar-refractivity contribution is 5.64. The largest absolute Gasteiger partial charge is 0.512 e. The van der Waals surface area contributed by atoms with E-state index in [1.165, 1.54) is 21.6 Å². The minimum absolute atomic E-state index is 0.437. The minimum atomic E-state index is 0.437. The number of rotatable bonds is 0. The summed E-state index contributed by atoms with van der Waals surface area (Å²) in [5.74, 6) is 0.437. The SMILES string of the molecule is OC1=CC=c2ccc3c(c2C1)C=CC=CC=3. The molecule has 0 spiro atoms. The van der Waals surface area contributed by atoms with Gasteiger partial charge in [-0.05, 0) is 27.6 Å². The zero-order chi connectivity index (χ0) is 11.0. The monoisotopic (exact) mass is 208 g/mol. The van der Waals surface area contributed by atoms with E-state index >= 15 is 0 Å². The first-order chi connectivity index (χ1) is 7.84. The predicted octanol–water partition coefficient (Wildman–Crippen LogP) is 1.83. The van der Waals surface area contributed by atoms with Crippen LogP contribution in [0, 0.1) is 0 Å². The summed E-state index contributed by atoms with van der Waals surface area (Å²) < 4.78 is 0. The fourth-order valence-corrected chi connectivity index (χ4v) is 2.20. The van der Waals surface area contributed by atoms with Crippen LogP contribution in [0.3, 0.4) is 0 Å². The number of fused-ring (bicyclic) bond motifs is 3. The molecule has 2 aliphatic carbocycles. The van der Waals surface area contributed by atoms with Gasteiger partial charge in [0.15, 0.2) is 0 Å². The normalized spacial score (nSPS) is 16.4. The van der Waals surface area contributed by atoms with Crippen molar-refractivity contribution in [3.63, 3.8) is 0 Å². The van der Waals surface area contributed by atoms with Crippen LogP contribution < -0.4 is 10.4 Å². The maximum Gasteiger partial charge on any atom is 0.0967 e. The molecule has 1 N–H and O–H groups in total. The molecule has 0 aromatic heterocycles. The van der Waals surface area contributed by atoms with Gasteiger partial charge in [0.1, 0.15) is 0 Å². The number of benzene rings is 1. The zero-order valence-corrected chi connectivity index (χ0v) is 8.85. The van der Waals surface area contributed by atoms with Crippen molar-refractivity contribution < 1.29 is 5.11 Å². The van der Waals surface area contributed by atoms with E-state index in [0.717, 1.165) is 0 Å². The lowest BCUT2D eigenvalue weighted by Gasteiger charge is -2.11. The van der Waals surface area contributed by atoms with Crippen LogP contribution in [0.1, 0.15) is 11.1 Å².